The van der Waals surface area contributed by atoms with Gasteiger partial charge in [0, 0.05) is 5.69 Å². The van der Waals surface area contributed by atoms with Crippen molar-refractivity contribution in [3.05, 3.63) is 166 Å². The zero-order valence-corrected chi connectivity index (χ0v) is 26.0. The van der Waals surface area contributed by atoms with Crippen molar-refractivity contribution < 1.29 is 18.7 Å². The fourth-order valence-corrected chi connectivity index (χ4v) is 6.99. The van der Waals surface area contributed by atoms with Gasteiger partial charge in [-0.3, -0.25) is 19.8 Å². The van der Waals surface area contributed by atoms with Gasteiger partial charge < -0.3 is 4.74 Å². The minimum Gasteiger partial charge on any atom is -0.468 e. The fourth-order valence-electron chi connectivity index (χ4n) is 6.84. The first kappa shape index (κ1) is 29.9. The summed E-state index contributed by atoms with van der Waals surface area (Å²) >= 11 is 6.15. The number of anilines is 2. The number of carbonyl (C=O) groups is 2. The van der Waals surface area contributed by atoms with Crippen LogP contribution >= 0.6 is 11.6 Å². The predicted octanol–water partition coefficient (Wildman–Crippen LogP) is 7.85. The third-order valence-electron chi connectivity index (χ3n) is 9.29. The summed E-state index contributed by atoms with van der Waals surface area (Å²) in [5.41, 5.74) is 4.24. The van der Waals surface area contributed by atoms with E-state index in [1.165, 1.54) is 13.2 Å². The third-order valence-corrected chi connectivity index (χ3v) is 9.58. The van der Waals surface area contributed by atoms with Crippen LogP contribution in [0.15, 0.2) is 127 Å². The Balaban J connectivity index is 1.25. The van der Waals surface area contributed by atoms with Gasteiger partial charge in [-0.15, -0.1) is 0 Å². The molecule has 0 radical (unpaired) electrons. The van der Waals surface area contributed by atoms with Crippen LogP contribution in [0.2, 0.25) is 5.02 Å². The molecule has 2 aliphatic rings. The van der Waals surface area contributed by atoms with Crippen LogP contribution in [0.1, 0.15) is 40.7 Å². The maximum absolute atomic E-state index is 14.4. The van der Waals surface area contributed by atoms with Crippen molar-refractivity contribution in [1.82, 2.24) is 5.32 Å². The van der Waals surface area contributed by atoms with Crippen molar-refractivity contribution in [2.24, 2.45) is 0 Å². The highest BCUT2D eigenvalue weighted by molar-refractivity contribution is 6.31. The zero-order chi connectivity index (χ0) is 31.9. The highest BCUT2D eigenvalue weighted by Crippen LogP contribution is 2.59. The molecular weight excluding hydrogens is 599 g/mol. The lowest BCUT2D eigenvalue weighted by Gasteiger charge is -2.39. The Morgan fingerprint density at radius 3 is 1.87 bits per heavy atom. The molecule has 1 atom stereocenters. The van der Waals surface area contributed by atoms with Gasteiger partial charge in [0.25, 0.3) is 0 Å². The Kier molecular flexibility index (Phi) is 7.71. The number of halogens is 2. The molecule has 5 nitrogen and oxygen atoms in total. The summed E-state index contributed by atoms with van der Waals surface area (Å²) in [6.45, 7) is 0. The van der Waals surface area contributed by atoms with E-state index < -0.39 is 28.8 Å². The second-order valence-corrected chi connectivity index (χ2v) is 12.4. The standard InChI is InChI=1S/C39H32ClFN2O3/c1-46-36(44)34(42-39(27-11-5-2-6-12-27,28-13-7-3-8-14-28)29-15-9-4-10-16-29)23-26-17-19-30(20-18-26)43-35-25-32(40)33(41)24-31(35)38(21-22-38)37(43)45/h2-20,24-25,34,42H,21-23H2,1H3/t34-/m0/s1. The Hall–Kier alpha value is -4.78. The van der Waals surface area contributed by atoms with E-state index in [2.05, 4.69) is 41.7 Å². The van der Waals surface area contributed by atoms with Crippen molar-refractivity contribution in [3.63, 3.8) is 0 Å². The van der Waals surface area contributed by atoms with Gasteiger partial charge in [-0.1, -0.05) is 115 Å². The summed E-state index contributed by atoms with van der Waals surface area (Å²) in [6.07, 6.45) is 1.70. The molecule has 0 aromatic heterocycles. The Labute approximate surface area is 272 Å². The summed E-state index contributed by atoms with van der Waals surface area (Å²) in [5.74, 6) is -0.979. The van der Waals surface area contributed by atoms with E-state index in [9.17, 15) is 14.0 Å². The van der Waals surface area contributed by atoms with Gasteiger partial charge in [0.1, 0.15) is 11.9 Å². The maximum Gasteiger partial charge on any atom is 0.323 e. The van der Waals surface area contributed by atoms with Crippen LogP contribution in [0.5, 0.6) is 0 Å². The molecule has 1 fully saturated rings. The minimum absolute atomic E-state index is 0.0170. The van der Waals surface area contributed by atoms with Gasteiger partial charge in [0.05, 0.1) is 28.8 Å². The fraction of sp³-hybridized carbons (Fsp3) is 0.179. The van der Waals surface area contributed by atoms with E-state index in [1.807, 2.05) is 78.9 Å². The second-order valence-electron chi connectivity index (χ2n) is 11.9. The van der Waals surface area contributed by atoms with E-state index >= 15 is 0 Å². The van der Waals surface area contributed by atoms with E-state index in [1.54, 1.807) is 11.0 Å². The molecule has 1 saturated carbocycles. The first-order chi connectivity index (χ1) is 22.4. The largest absolute Gasteiger partial charge is 0.468 e. The molecule has 0 bridgehead atoms. The first-order valence-corrected chi connectivity index (χ1v) is 15.7. The zero-order valence-electron chi connectivity index (χ0n) is 25.3. The molecule has 1 spiro atoms. The molecule has 1 amide bonds. The number of methoxy groups -OCH3 is 1. The summed E-state index contributed by atoms with van der Waals surface area (Å²) < 4.78 is 19.8. The highest BCUT2D eigenvalue weighted by atomic mass is 35.5. The molecule has 46 heavy (non-hydrogen) atoms. The molecular formula is C39H32ClFN2O3. The summed E-state index contributed by atoms with van der Waals surface area (Å²) in [7, 11) is 1.40. The number of nitrogens with zero attached hydrogens (tertiary/aromatic N) is 1. The topological polar surface area (TPSA) is 58.6 Å². The number of hydrogen-bond donors (Lipinski definition) is 1. The summed E-state index contributed by atoms with van der Waals surface area (Å²) in [4.78, 5) is 28.7. The van der Waals surface area contributed by atoms with E-state index in [0.29, 0.717) is 36.2 Å². The number of fused-ring (bicyclic) bond motifs is 2. The van der Waals surface area contributed by atoms with Crippen molar-refractivity contribution in [2.45, 2.75) is 36.3 Å². The molecule has 1 aliphatic carbocycles. The van der Waals surface area contributed by atoms with Gasteiger partial charge in [0.2, 0.25) is 5.91 Å². The van der Waals surface area contributed by atoms with Gasteiger partial charge in [-0.2, -0.15) is 0 Å². The number of amides is 1. The van der Waals surface area contributed by atoms with Gasteiger partial charge >= 0.3 is 5.97 Å². The van der Waals surface area contributed by atoms with E-state index in [-0.39, 0.29) is 10.9 Å². The van der Waals surface area contributed by atoms with Crippen LogP contribution in [0, 0.1) is 5.82 Å². The molecule has 1 aliphatic heterocycles. The number of hydrogen-bond acceptors (Lipinski definition) is 4. The highest BCUT2D eigenvalue weighted by Gasteiger charge is 2.59. The molecule has 5 aromatic carbocycles. The normalized spacial score (nSPS) is 15.5. The third kappa shape index (κ3) is 4.98. The van der Waals surface area contributed by atoms with Crippen LogP contribution in [0.3, 0.4) is 0 Å². The maximum atomic E-state index is 14.4. The van der Waals surface area contributed by atoms with E-state index in [0.717, 1.165) is 22.3 Å². The molecule has 1 heterocycles. The lowest BCUT2D eigenvalue weighted by molar-refractivity contribution is -0.143. The molecule has 230 valence electrons. The van der Waals surface area contributed by atoms with Crippen LogP contribution < -0.4 is 10.2 Å². The lowest BCUT2D eigenvalue weighted by atomic mass is 9.76. The van der Waals surface area contributed by atoms with Crippen LogP contribution in [-0.4, -0.2) is 25.0 Å². The smallest absolute Gasteiger partial charge is 0.323 e. The Morgan fingerprint density at radius 1 is 0.870 bits per heavy atom. The molecule has 7 rings (SSSR count). The van der Waals surface area contributed by atoms with Crippen molar-refractivity contribution >= 4 is 34.9 Å². The van der Waals surface area contributed by atoms with Crippen molar-refractivity contribution in [3.8, 4) is 0 Å². The second kappa shape index (κ2) is 11.9. The average molecular weight is 631 g/mol. The van der Waals surface area contributed by atoms with Crippen molar-refractivity contribution in [1.29, 1.82) is 0 Å². The molecule has 1 N–H and O–H groups in total. The Bertz CT molecular complexity index is 1800. The van der Waals surface area contributed by atoms with Crippen LogP contribution in [-0.2, 0) is 31.7 Å². The number of nitrogens with one attached hydrogen (secondary N) is 1. The number of ether oxygens (including phenoxy) is 1. The van der Waals surface area contributed by atoms with Crippen LogP contribution in [0.4, 0.5) is 15.8 Å². The Morgan fingerprint density at radius 2 is 1.39 bits per heavy atom. The average Bonchev–Trinajstić information content (AvgIpc) is 3.88. The monoisotopic (exact) mass is 630 g/mol. The molecule has 0 unspecified atom stereocenters. The van der Waals surface area contributed by atoms with Crippen molar-refractivity contribution in [2.75, 3.05) is 12.0 Å². The lowest BCUT2D eigenvalue weighted by Crippen LogP contribution is -2.53. The number of esters is 1. The number of carbonyl (C=O) groups excluding carboxylic acids is 2. The van der Waals surface area contributed by atoms with Crippen LogP contribution in [0.25, 0.3) is 0 Å². The molecule has 5 aromatic rings. The quantitative estimate of drug-likeness (QED) is 0.133. The number of rotatable bonds is 9. The number of benzene rings is 5. The van der Waals surface area contributed by atoms with Gasteiger partial charge in [-0.05, 0) is 71.3 Å². The predicted molar refractivity (Wildman–Crippen MR) is 178 cm³/mol. The molecule has 0 saturated heterocycles. The summed E-state index contributed by atoms with van der Waals surface area (Å²) in [5, 5.41) is 3.73. The SMILES string of the molecule is COC(=O)[C@H](Cc1ccc(N2C(=O)C3(CC3)c3cc(F)c(Cl)cc32)cc1)NC(c1ccccc1)(c1ccccc1)c1ccccc1. The van der Waals surface area contributed by atoms with Gasteiger partial charge in [0.15, 0.2) is 0 Å². The molecule has 7 heteroatoms. The van der Waals surface area contributed by atoms with E-state index in [4.69, 9.17) is 16.3 Å². The minimum atomic E-state index is -0.874. The first-order valence-electron chi connectivity index (χ1n) is 15.3. The van der Waals surface area contributed by atoms with Gasteiger partial charge in [-0.25, -0.2) is 4.39 Å². The summed E-state index contributed by atoms with van der Waals surface area (Å²) in [6, 6.07) is 40.0.